The molecule has 0 bridgehead atoms. The molecule has 0 aliphatic rings. The van der Waals surface area contributed by atoms with E-state index in [2.05, 4.69) is 16.8 Å². The predicted molar refractivity (Wildman–Crippen MR) is 114 cm³/mol. The summed E-state index contributed by atoms with van der Waals surface area (Å²) in [7, 11) is 1.58. The lowest BCUT2D eigenvalue weighted by molar-refractivity contribution is 0.0994. The van der Waals surface area contributed by atoms with E-state index in [0.717, 1.165) is 0 Å². The molecule has 0 aliphatic heterocycles. The van der Waals surface area contributed by atoms with Gasteiger partial charge in [-0.25, -0.2) is 4.39 Å². The van der Waals surface area contributed by atoms with Crippen molar-refractivity contribution in [1.82, 2.24) is 14.8 Å². The highest BCUT2D eigenvalue weighted by Gasteiger charge is 2.21. The zero-order valence-electron chi connectivity index (χ0n) is 16.7. The summed E-state index contributed by atoms with van der Waals surface area (Å²) in [6.45, 7) is 6.07. The van der Waals surface area contributed by atoms with E-state index >= 15 is 0 Å². The maximum atomic E-state index is 13.8. The van der Waals surface area contributed by atoms with Crippen LogP contribution in [0.15, 0.2) is 66.3 Å². The molecule has 2 aromatic carbocycles. The number of thioether (sulfide) groups is 1. The third-order valence-corrected chi connectivity index (χ3v) is 5.40. The Bertz CT molecular complexity index is 1020. The summed E-state index contributed by atoms with van der Waals surface area (Å²) >= 11 is 1.30. The molecule has 1 unspecified atom stereocenters. The van der Waals surface area contributed by atoms with Crippen LogP contribution in [0, 0.1) is 5.82 Å². The predicted octanol–water partition coefficient (Wildman–Crippen LogP) is 4.55. The molecule has 8 heteroatoms. The number of hydrogen-bond donors (Lipinski definition) is 0. The minimum atomic E-state index is -0.444. The minimum absolute atomic E-state index is 0.0278. The van der Waals surface area contributed by atoms with Gasteiger partial charge in [0.1, 0.15) is 12.4 Å². The summed E-state index contributed by atoms with van der Waals surface area (Å²) in [4.78, 5) is 12.8. The van der Waals surface area contributed by atoms with Crippen LogP contribution in [0.3, 0.4) is 0 Å². The summed E-state index contributed by atoms with van der Waals surface area (Å²) < 4.78 is 26.3. The summed E-state index contributed by atoms with van der Waals surface area (Å²) in [5.41, 5.74) is 0.591. The number of aromatic nitrogens is 3. The van der Waals surface area contributed by atoms with E-state index in [1.165, 1.54) is 17.8 Å². The molecule has 0 radical (unpaired) electrons. The van der Waals surface area contributed by atoms with Crippen LogP contribution in [0.25, 0.3) is 0 Å². The van der Waals surface area contributed by atoms with Crippen LogP contribution in [0.1, 0.15) is 23.1 Å². The van der Waals surface area contributed by atoms with E-state index < -0.39 is 5.82 Å². The molecule has 1 heterocycles. The Kier molecular flexibility index (Phi) is 7.24. The number of Topliss-reactive ketones (excluding diaryl/α,β-unsaturated/α-hetero) is 1. The molecule has 156 valence electrons. The van der Waals surface area contributed by atoms with Crippen LogP contribution in [-0.2, 0) is 13.2 Å². The largest absolute Gasteiger partial charge is 0.497 e. The second-order valence-electron chi connectivity index (χ2n) is 6.37. The molecule has 0 fully saturated rings. The van der Waals surface area contributed by atoms with Gasteiger partial charge in [0, 0.05) is 12.1 Å². The Balaban J connectivity index is 1.72. The molecule has 0 amide bonds. The van der Waals surface area contributed by atoms with Crippen molar-refractivity contribution >= 4 is 17.5 Å². The van der Waals surface area contributed by atoms with Gasteiger partial charge in [0.05, 0.1) is 12.4 Å². The smallest absolute Gasteiger partial charge is 0.192 e. The Morgan fingerprint density at radius 2 is 1.97 bits per heavy atom. The van der Waals surface area contributed by atoms with Crippen molar-refractivity contribution in [2.24, 2.45) is 0 Å². The van der Waals surface area contributed by atoms with Gasteiger partial charge in [-0.3, -0.25) is 9.36 Å². The monoisotopic (exact) mass is 427 g/mol. The van der Waals surface area contributed by atoms with Gasteiger partial charge in [-0.05, 0) is 43.3 Å². The number of rotatable bonds is 10. The van der Waals surface area contributed by atoms with Crippen molar-refractivity contribution in [2.75, 3.05) is 7.11 Å². The van der Waals surface area contributed by atoms with Gasteiger partial charge in [-0.15, -0.1) is 16.8 Å². The lowest BCUT2D eigenvalue weighted by atomic mass is 10.1. The highest BCUT2D eigenvalue weighted by molar-refractivity contribution is 8.00. The zero-order valence-corrected chi connectivity index (χ0v) is 17.6. The number of benzene rings is 2. The summed E-state index contributed by atoms with van der Waals surface area (Å²) in [5, 5.41) is 8.53. The fraction of sp³-hybridized carbons (Fsp3) is 0.227. The van der Waals surface area contributed by atoms with Crippen LogP contribution >= 0.6 is 11.8 Å². The van der Waals surface area contributed by atoms with Gasteiger partial charge in [0.15, 0.2) is 28.3 Å². The number of ether oxygens (including phenoxy) is 2. The van der Waals surface area contributed by atoms with Crippen molar-refractivity contribution in [2.45, 2.75) is 30.5 Å². The molecule has 1 atom stereocenters. The molecule has 0 aliphatic carbocycles. The quantitative estimate of drug-likeness (QED) is 0.269. The van der Waals surface area contributed by atoms with Crippen LogP contribution in [0.4, 0.5) is 4.39 Å². The standard InChI is InChI=1S/C22H22FN3O3S/c1-4-13-26-20(14-29-19-8-6-5-7-18(19)23)24-25-22(26)30-15(2)21(27)16-9-11-17(28-3)12-10-16/h4-12,15H,1,13-14H2,2-3H3. The van der Waals surface area contributed by atoms with Crippen molar-refractivity contribution in [3.63, 3.8) is 0 Å². The molecule has 6 nitrogen and oxygen atoms in total. The Morgan fingerprint density at radius 3 is 2.63 bits per heavy atom. The first kappa shape index (κ1) is 21.6. The van der Waals surface area contributed by atoms with Gasteiger partial charge < -0.3 is 9.47 Å². The first-order valence-electron chi connectivity index (χ1n) is 9.28. The molecule has 3 aromatic rings. The average Bonchev–Trinajstić information content (AvgIpc) is 3.14. The van der Waals surface area contributed by atoms with Crippen LogP contribution in [0.2, 0.25) is 0 Å². The summed E-state index contributed by atoms with van der Waals surface area (Å²) in [5.74, 6) is 0.880. The molecule has 3 rings (SSSR count). The number of nitrogens with zero attached hydrogens (tertiary/aromatic N) is 3. The number of halogens is 1. The van der Waals surface area contributed by atoms with E-state index in [4.69, 9.17) is 9.47 Å². The number of carbonyl (C=O) groups excluding carboxylic acids is 1. The van der Waals surface area contributed by atoms with Crippen LogP contribution < -0.4 is 9.47 Å². The normalized spacial score (nSPS) is 11.7. The van der Waals surface area contributed by atoms with E-state index in [-0.39, 0.29) is 23.4 Å². The highest BCUT2D eigenvalue weighted by Crippen LogP contribution is 2.26. The van der Waals surface area contributed by atoms with Crippen LogP contribution in [0.5, 0.6) is 11.5 Å². The van der Waals surface area contributed by atoms with Crippen molar-refractivity contribution in [1.29, 1.82) is 0 Å². The number of ketones is 1. The van der Waals surface area contributed by atoms with Gasteiger partial charge in [-0.2, -0.15) is 0 Å². The van der Waals surface area contributed by atoms with E-state index in [0.29, 0.717) is 28.8 Å². The number of methoxy groups -OCH3 is 1. The average molecular weight is 428 g/mol. The lowest BCUT2D eigenvalue weighted by Gasteiger charge is -2.12. The SMILES string of the molecule is C=CCn1c(COc2ccccc2F)nnc1SC(C)C(=O)c1ccc(OC)cc1. The highest BCUT2D eigenvalue weighted by atomic mass is 32.2. The van der Waals surface area contributed by atoms with Crippen molar-refractivity contribution < 1.29 is 18.7 Å². The molecule has 0 saturated carbocycles. The van der Waals surface area contributed by atoms with E-state index in [9.17, 15) is 9.18 Å². The van der Waals surface area contributed by atoms with Gasteiger partial charge in [0.25, 0.3) is 0 Å². The molecule has 30 heavy (non-hydrogen) atoms. The minimum Gasteiger partial charge on any atom is -0.497 e. The maximum absolute atomic E-state index is 13.8. The molecule has 0 N–H and O–H groups in total. The fourth-order valence-corrected chi connectivity index (χ4v) is 3.69. The Morgan fingerprint density at radius 1 is 1.23 bits per heavy atom. The third kappa shape index (κ3) is 5.07. The van der Waals surface area contributed by atoms with Crippen LogP contribution in [-0.4, -0.2) is 32.9 Å². The topological polar surface area (TPSA) is 66.2 Å². The first-order valence-corrected chi connectivity index (χ1v) is 10.2. The first-order chi connectivity index (χ1) is 14.5. The Labute approximate surface area is 178 Å². The number of hydrogen-bond acceptors (Lipinski definition) is 6. The number of carbonyl (C=O) groups is 1. The van der Waals surface area contributed by atoms with E-state index in [1.807, 2.05) is 6.92 Å². The summed E-state index contributed by atoms with van der Waals surface area (Å²) in [6.07, 6.45) is 1.70. The molecular formula is C22H22FN3O3S. The molecular weight excluding hydrogens is 405 g/mol. The van der Waals surface area contributed by atoms with E-state index in [1.54, 1.807) is 60.2 Å². The lowest BCUT2D eigenvalue weighted by Crippen LogP contribution is -2.15. The fourth-order valence-electron chi connectivity index (χ4n) is 2.73. The molecule has 0 saturated heterocycles. The van der Waals surface area contributed by atoms with Crippen molar-refractivity contribution in [3.05, 3.63) is 78.4 Å². The maximum Gasteiger partial charge on any atom is 0.192 e. The Hall–Kier alpha value is -3.13. The number of allylic oxidation sites excluding steroid dienone is 1. The zero-order chi connectivity index (χ0) is 21.5. The third-order valence-electron chi connectivity index (χ3n) is 4.32. The van der Waals surface area contributed by atoms with Gasteiger partial charge in [-0.1, -0.05) is 30.0 Å². The second kappa shape index (κ2) is 10.1. The van der Waals surface area contributed by atoms with Gasteiger partial charge >= 0.3 is 0 Å². The molecule has 1 aromatic heterocycles. The molecule has 0 spiro atoms. The van der Waals surface area contributed by atoms with Gasteiger partial charge in [0.2, 0.25) is 0 Å². The van der Waals surface area contributed by atoms with Crippen molar-refractivity contribution in [3.8, 4) is 11.5 Å². The number of para-hydroxylation sites is 1. The second-order valence-corrected chi connectivity index (χ2v) is 7.68. The summed E-state index contributed by atoms with van der Waals surface area (Å²) in [6, 6.07) is 13.2.